The second-order valence-electron chi connectivity index (χ2n) is 9.76. The summed E-state index contributed by atoms with van der Waals surface area (Å²) in [6, 6.07) is 31.7. The monoisotopic (exact) mass is 414 g/mol. The van der Waals surface area contributed by atoms with Crippen LogP contribution in [0.2, 0.25) is 0 Å². The number of hydrogen-bond donors (Lipinski definition) is 0. The lowest BCUT2D eigenvalue weighted by Crippen LogP contribution is -2.26. The van der Waals surface area contributed by atoms with Gasteiger partial charge in [-0.25, -0.2) is 0 Å². The number of anilines is 2. The van der Waals surface area contributed by atoms with Crippen molar-refractivity contribution in [3.8, 4) is 5.69 Å². The minimum atomic E-state index is -0.0187. The smallest absolute Gasteiger partial charge is 0.0582 e. The molecule has 2 aliphatic rings. The van der Waals surface area contributed by atoms with Crippen molar-refractivity contribution in [2.24, 2.45) is 0 Å². The average molecular weight is 415 g/mol. The van der Waals surface area contributed by atoms with Gasteiger partial charge in [-0.3, -0.25) is 0 Å². The van der Waals surface area contributed by atoms with Gasteiger partial charge in [-0.1, -0.05) is 68.4 Å². The van der Waals surface area contributed by atoms with E-state index < -0.39 is 0 Å². The van der Waals surface area contributed by atoms with Crippen LogP contribution in [-0.2, 0) is 11.8 Å². The number of para-hydroxylation sites is 3. The van der Waals surface area contributed by atoms with Crippen LogP contribution < -0.4 is 4.90 Å². The van der Waals surface area contributed by atoms with Crippen molar-refractivity contribution >= 4 is 33.2 Å². The molecular weight excluding hydrogens is 388 g/mol. The van der Waals surface area contributed by atoms with Crippen molar-refractivity contribution in [1.29, 1.82) is 0 Å². The standard InChI is InChI=1S/C30H26N2/c1-30(2)24-12-4-6-15-28(24)32-27-17-16-21(19-23(27)22-11-7-13-25(30)29(22)32)31-18-8-10-20-9-3-5-14-26(20)31/h3-7,9,11-17,19H,8,10,18H2,1-2H3. The zero-order valence-electron chi connectivity index (χ0n) is 18.6. The van der Waals surface area contributed by atoms with Gasteiger partial charge in [-0.05, 0) is 59.9 Å². The first kappa shape index (κ1) is 18.1. The van der Waals surface area contributed by atoms with E-state index in [0.29, 0.717) is 0 Å². The molecule has 0 saturated carbocycles. The minimum Gasteiger partial charge on any atom is -0.341 e. The first-order valence-corrected chi connectivity index (χ1v) is 11.7. The third-order valence-electron chi connectivity index (χ3n) is 7.68. The molecule has 2 aliphatic heterocycles. The van der Waals surface area contributed by atoms with Gasteiger partial charge in [0.2, 0.25) is 0 Å². The number of fused-ring (bicyclic) bond motifs is 6. The fourth-order valence-electron chi connectivity index (χ4n) is 6.12. The number of benzene rings is 4. The topological polar surface area (TPSA) is 8.17 Å². The first-order chi connectivity index (χ1) is 15.6. The summed E-state index contributed by atoms with van der Waals surface area (Å²) in [6.45, 7) is 5.79. The minimum absolute atomic E-state index is 0.0187. The van der Waals surface area contributed by atoms with Gasteiger partial charge in [0.15, 0.2) is 0 Å². The van der Waals surface area contributed by atoms with Gasteiger partial charge in [0.05, 0.1) is 16.7 Å². The molecule has 32 heavy (non-hydrogen) atoms. The summed E-state index contributed by atoms with van der Waals surface area (Å²) in [7, 11) is 0. The Balaban J connectivity index is 1.54. The molecule has 2 heteroatoms. The Morgan fingerprint density at radius 1 is 0.719 bits per heavy atom. The lowest BCUT2D eigenvalue weighted by Gasteiger charge is -2.34. The van der Waals surface area contributed by atoms with Gasteiger partial charge < -0.3 is 9.47 Å². The summed E-state index contributed by atoms with van der Waals surface area (Å²) in [6.07, 6.45) is 2.37. The Kier molecular flexibility index (Phi) is 3.54. The van der Waals surface area contributed by atoms with Gasteiger partial charge in [-0.15, -0.1) is 0 Å². The lowest BCUT2D eigenvalue weighted by atomic mass is 9.75. The fourth-order valence-corrected chi connectivity index (χ4v) is 6.12. The SMILES string of the molecule is CC1(C)c2ccccc2-n2c3ccc(N4CCCc5ccccc54)cc3c3cccc1c32. The molecule has 0 unspecified atom stereocenters. The van der Waals surface area contributed by atoms with Gasteiger partial charge in [0, 0.05) is 34.1 Å². The molecule has 156 valence electrons. The highest BCUT2D eigenvalue weighted by Gasteiger charge is 2.34. The number of hydrogen-bond acceptors (Lipinski definition) is 1. The average Bonchev–Trinajstić information content (AvgIpc) is 3.17. The largest absolute Gasteiger partial charge is 0.341 e. The molecule has 7 rings (SSSR count). The van der Waals surface area contributed by atoms with Crippen LogP contribution in [0.1, 0.15) is 37.0 Å². The number of aromatic nitrogens is 1. The van der Waals surface area contributed by atoms with Gasteiger partial charge in [-0.2, -0.15) is 0 Å². The van der Waals surface area contributed by atoms with Crippen LogP contribution in [0.4, 0.5) is 11.4 Å². The third kappa shape index (κ3) is 2.25. The zero-order valence-corrected chi connectivity index (χ0v) is 18.6. The van der Waals surface area contributed by atoms with Crippen molar-refractivity contribution in [1.82, 2.24) is 4.57 Å². The molecular formula is C30H26N2. The molecule has 0 fully saturated rings. The maximum absolute atomic E-state index is 2.50. The number of aryl methyl sites for hydroxylation is 1. The maximum atomic E-state index is 2.50. The van der Waals surface area contributed by atoms with E-state index in [9.17, 15) is 0 Å². The highest BCUT2D eigenvalue weighted by molar-refractivity contribution is 6.12. The van der Waals surface area contributed by atoms with E-state index in [4.69, 9.17) is 0 Å². The van der Waals surface area contributed by atoms with Crippen LogP contribution in [0.15, 0.2) is 84.9 Å². The Hall–Kier alpha value is -3.52. The van der Waals surface area contributed by atoms with E-state index in [1.807, 2.05) is 0 Å². The van der Waals surface area contributed by atoms with E-state index in [1.54, 1.807) is 0 Å². The van der Waals surface area contributed by atoms with Crippen LogP contribution in [0.3, 0.4) is 0 Å². The predicted octanol–water partition coefficient (Wildman–Crippen LogP) is 7.51. The lowest BCUT2D eigenvalue weighted by molar-refractivity contribution is 0.630. The van der Waals surface area contributed by atoms with Crippen molar-refractivity contribution in [3.05, 3.63) is 102 Å². The number of rotatable bonds is 1. The molecule has 3 heterocycles. The molecule has 2 nitrogen and oxygen atoms in total. The Morgan fingerprint density at radius 2 is 1.50 bits per heavy atom. The Bertz CT molecular complexity index is 1540. The molecule has 0 saturated heterocycles. The Labute approximate surface area is 188 Å². The normalized spacial score (nSPS) is 16.2. The summed E-state index contributed by atoms with van der Waals surface area (Å²) in [5, 5.41) is 2.70. The van der Waals surface area contributed by atoms with Crippen molar-refractivity contribution in [2.75, 3.05) is 11.4 Å². The summed E-state index contributed by atoms with van der Waals surface area (Å²) in [4.78, 5) is 2.50. The highest BCUT2D eigenvalue weighted by atomic mass is 15.1. The van der Waals surface area contributed by atoms with E-state index >= 15 is 0 Å². The molecule has 0 N–H and O–H groups in total. The highest BCUT2D eigenvalue weighted by Crippen LogP contribution is 2.48. The fraction of sp³-hybridized carbons (Fsp3) is 0.200. The summed E-state index contributed by atoms with van der Waals surface area (Å²) < 4.78 is 2.49. The summed E-state index contributed by atoms with van der Waals surface area (Å²) >= 11 is 0. The molecule has 4 aromatic carbocycles. The second kappa shape index (κ2) is 6.26. The van der Waals surface area contributed by atoms with E-state index in [0.717, 1.165) is 6.54 Å². The van der Waals surface area contributed by atoms with E-state index in [1.165, 1.54) is 68.4 Å². The molecule has 0 spiro atoms. The maximum Gasteiger partial charge on any atom is 0.0582 e. The van der Waals surface area contributed by atoms with Crippen LogP contribution in [-0.4, -0.2) is 11.1 Å². The summed E-state index contributed by atoms with van der Waals surface area (Å²) in [5.41, 5.74) is 10.9. The van der Waals surface area contributed by atoms with Gasteiger partial charge >= 0.3 is 0 Å². The van der Waals surface area contributed by atoms with Crippen molar-refractivity contribution in [2.45, 2.75) is 32.1 Å². The van der Waals surface area contributed by atoms with Crippen molar-refractivity contribution < 1.29 is 0 Å². The quantitative estimate of drug-likeness (QED) is 0.275. The van der Waals surface area contributed by atoms with Crippen LogP contribution in [0, 0.1) is 0 Å². The van der Waals surface area contributed by atoms with Crippen LogP contribution >= 0.6 is 0 Å². The molecule has 0 radical (unpaired) electrons. The molecule has 5 aromatic rings. The molecule has 0 atom stereocenters. The first-order valence-electron chi connectivity index (χ1n) is 11.7. The summed E-state index contributed by atoms with van der Waals surface area (Å²) in [5.74, 6) is 0. The van der Waals surface area contributed by atoms with Crippen molar-refractivity contribution in [3.63, 3.8) is 0 Å². The number of nitrogens with zero attached hydrogens (tertiary/aromatic N) is 2. The molecule has 1 aromatic heterocycles. The molecule has 0 aliphatic carbocycles. The molecule has 0 bridgehead atoms. The van der Waals surface area contributed by atoms with E-state index in [2.05, 4.69) is 108 Å². The van der Waals surface area contributed by atoms with E-state index in [-0.39, 0.29) is 5.41 Å². The second-order valence-corrected chi connectivity index (χ2v) is 9.76. The van der Waals surface area contributed by atoms with Crippen LogP contribution in [0.25, 0.3) is 27.5 Å². The predicted molar refractivity (Wildman–Crippen MR) is 135 cm³/mol. The third-order valence-corrected chi connectivity index (χ3v) is 7.68. The Morgan fingerprint density at radius 3 is 2.41 bits per heavy atom. The van der Waals surface area contributed by atoms with Crippen LogP contribution in [0.5, 0.6) is 0 Å². The molecule has 0 amide bonds. The van der Waals surface area contributed by atoms with Gasteiger partial charge in [0.25, 0.3) is 0 Å². The zero-order chi connectivity index (χ0) is 21.4. The van der Waals surface area contributed by atoms with Gasteiger partial charge in [0.1, 0.15) is 0 Å².